The molecule has 3 heterocycles. The normalized spacial score (nSPS) is 17.9. The number of rotatable bonds is 3. The SMILES string of the molecule is O=Cc1ccn(C2CCCCO2)n1.O=Cc1ccn[nH]1. The molecule has 0 aliphatic carbocycles. The van der Waals surface area contributed by atoms with Gasteiger partial charge < -0.3 is 4.74 Å². The second-order valence-corrected chi connectivity index (χ2v) is 4.29. The van der Waals surface area contributed by atoms with Gasteiger partial charge in [-0.1, -0.05) is 0 Å². The highest BCUT2D eigenvalue weighted by Crippen LogP contribution is 2.21. The molecule has 0 spiro atoms. The number of hydrogen-bond acceptors (Lipinski definition) is 5. The number of carbonyl (C=O) groups is 2. The molecule has 1 unspecified atom stereocenters. The van der Waals surface area contributed by atoms with Crippen LogP contribution in [0.15, 0.2) is 24.5 Å². The minimum absolute atomic E-state index is 0.0300. The van der Waals surface area contributed by atoms with Crippen molar-refractivity contribution in [1.82, 2.24) is 20.0 Å². The van der Waals surface area contributed by atoms with E-state index in [4.69, 9.17) is 4.74 Å². The number of aromatic nitrogens is 4. The standard InChI is InChI=1S/C9H12N2O2.C4H4N2O/c12-7-8-4-5-11(10-8)9-3-1-2-6-13-9;7-3-4-1-2-5-6-4/h4-5,7,9H,1-3,6H2;1-3H,(H,5,6). The van der Waals surface area contributed by atoms with Crippen LogP contribution in [0.1, 0.15) is 46.5 Å². The van der Waals surface area contributed by atoms with Crippen LogP contribution in [0.25, 0.3) is 0 Å². The number of H-pyrrole nitrogens is 1. The van der Waals surface area contributed by atoms with E-state index in [1.165, 1.54) is 12.6 Å². The molecule has 20 heavy (non-hydrogen) atoms. The molecule has 0 amide bonds. The number of aldehydes is 2. The minimum Gasteiger partial charge on any atom is -0.357 e. The van der Waals surface area contributed by atoms with E-state index in [9.17, 15) is 9.59 Å². The summed E-state index contributed by atoms with van der Waals surface area (Å²) in [5.74, 6) is 0. The molecular weight excluding hydrogens is 260 g/mol. The molecule has 106 valence electrons. The van der Waals surface area contributed by atoms with E-state index in [0.29, 0.717) is 17.7 Å². The molecule has 0 saturated carbocycles. The summed E-state index contributed by atoms with van der Waals surface area (Å²) in [5, 5.41) is 10.1. The quantitative estimate of drug-likeness (QED) is 0.860. The summed E-state index contributed by atoms with van der Waals surface area (Å²) in [6.07, 6.45) is 8.09. The summed E-state index contributed by atoms with van der Waals surface area (Å²) >= 11 is 0. The van der Waals surface area contributed by atoms with Crippen molar-refractivity contribution in [2.24, 2.45) is 0 Å². The van der Waals surface area contributed by atoms with Crippen molar-refractivity contribution in [3.63, 3.8) is 0 Å². The zero-order chi connectivity index (χ0) is 14.2. The maximum atomic E-state index is 10.4. The first-order valence-corrected chi connectivity index (χ1v) is 6.40. The van der Waals surface area contributed by atoms with Gasteiger partial charge in [0.15, 0.2) is 12.6 Å². The molecule has 1 fully saturated rings. The smallest absolute Gasteiger partial charge is 0.170 e. The Morgan fingerprint density at radius 3 is 2.70 bits per heavy atom. The molecule has 0 bridgehead atoms. The summed E-state index contributed by atoms with van der Waals surface area (Å²) in [4.78, 5) is 20.2. The molecule has 1 saturated heterocycles. The van der Waals surface area contributed by atoms with Crippen LogP contribution in [-0.2, 0) is 4.74 Å². The highest BCUT2D eigenvalue weighted by molar-refractivity contribution is 5.71. The maximum absolute atomic E-state index is 10.4. The molecule has 3 rings (SSSR count). The molecule has 1 aliphatic heterocycles. The van der Waals surface area contributed by atoms with Crippen molar-refractivity contribution in [3.05, 3.63) is 35.9 Å². The van der Waals surface area contributed by atoms with Crippen LogP contribution in [0.2, 0.25) is 0 Å². The number of nitrogens with one attached hydrogen (secondary N) is 1. The van der Waals surface area contributed by atoms with E-state index in [0.717, 1.165) is 25.7 Å². The lowest BCUT2D eigenvalue weighted by Gasteiger charge is -2.22. The third-order valence-electron chi connectivity index (χ3n) is 2.85. The molecular formula is C13H16N4O3. The Labute approximate surface area is 115 Å². The molecule has 2 aromatic heterocycles. The van der Waals surface area contributed by atoms with E-state index >= 15 is 0 Å². The first-order valence-electron chi connectivity index (χ1n) is 6.40. The van der Waals surface area contributed by atoms with E-state index in [-0.39, 0.29) is 6.23 Å². The lowest BCUT2D eigenvalue weighted by Crippen LogP contribution is -2.18. The van der Waals surface area contributed by atoms with Gasteiger partial charge in [-0.05, 0) is 31.4 Å². The first kappa shape index (κ1) is 14.1. The van der Waals surface area contributed by atoms with Crippen LogP contribution >= 0.6 is 0 Å². The minimum atomic E-state index is 0.0300. The lowest BCUT2D eigenvalue weighted by atomic mass is 10.2. The fraction of sp³-hybridized carbons (Fsp3) is 0.385. The van der Waals surface area contributed by atoms with E-state index in [1.807, 2.05) is 0 Å². The van der Waals surface area contributed by atoms with Gasteiger partial charge in [-0.3, -0.25) is 14.7 Å². The molecule has 0 radical (unpaired) electrons. The number of ether oxygens (including phenoxy) is 1. The topological polar surface area (TPSA) is 89.9 Å². The second-order valence-electron chi connectivity index (χ2n) is 4.29. The lowest BCUT2D eigenvalue weighted by molar-refractivity contribution is -0.0395. The number of carbonyl (C=O) groups excluding carboxylic acids is 2. The Balaban J connectivity index is 0.000000178. The summed E-state index contributed by atoms with van der Waals surface area (Å²) in [5.41, 5.74) is 0.981. The summed E-state index contributed by atoms with van der Waals surface area (Å²) in [6.45, 7) is 0.793. The molecule has 1 aliphatic rings. The third-order valence-corrected chi connectivity index (χ3v) is 2.85. The van der Waals surface area contributed by atoms with Crippen molar-refractivity contribution < 1.29 is 14.3 Å². The third kappa shape index (κ3) is 3.86. The monoisotopic (exact) mass is 276 g/mol. The average molecular weight is 276 g/mol. The number of hydrogen-bond donors (Lipinski definition) is 1. The van der Waals surface area contributed by atoms with Gasteiger partial charge in [0, 0.05) is 19.0 Å². The van der Waals surface area contributed by atoms with Crippen molar-refractivity contribution in [1.29, 1.82) is 0 Å². The Kier molecular flexibility index (Phi) is 5.19. The van der Waals surface area contributed by atoms with Crippen LogP contribution in [0, 0.1) is 0 Å². The van der Waals surface area contributed by atoms with Crippen molar-refractivity contribution in [2.45, 2.75) is 25.5 Å². The summed E-state index contributed by atoms with van der Waals surface area (Å²) < 4.78 is 7.23. The van der Waals surface area contributed by atoms with Crippen LogP contribution in [0.4, 0.5) is 0 Å². The Morgan fingerprint density at radius 2 is 2.20 bits per heavy atom. The molecule has 7 heteroatoms. The van der Waals surface area contributed by atoms with E-state index in [1.54, 1.807) is 23.0 Å². The number of nitrogens with zero attached hydrogens (tertiary/aromatic N) is 3. The first-order chi connectivity index (χ1) is 9.83. The van der Waals surface area contributed by atoms with Gasteiger partial charge in [-0.25, -0.2) is 4.68 Å². The Bertz CT molecular complexity index is 530. The van der Waals surface area contributed by atoms with Gasteiger partial charge in [0.05, 0.1) is 5.69 Å². The second kappa shape index (κ2) is 7.34. The van der Waals surface area contributed by atoms with Crippen LogP contribution in [-0.4, -0.2) is 39.2 Å². The highest BCUT2D eigenvalue weighted by atomic mass is 16.5. The van der Waals surface area contributed by atoms with E-state index < -0.39 is 0 Å². The van der Waals surface area contributed by atoms with Crippen molar-refractivity contribution >= 4 is 12.6 Å². The van der Waals surface area contributed by atoms with Crippen LogP contribution in [0.3, 0.4) is 0 Å². The molecule has 1 atom stereocenters. The Morgan fingerprint density at radius 1 is 1.30 bits per heavy atom. The largest absolute Gasteiger partial charge is 0.357 e. The summed E-state index contributed by atoms with van der Waals surface area (Å²) in [7, 11) is 0. The predicted molar refractivity (Wildman–Crippen MR) is 70.4 cm³/mol. The van der Waals surface area contributed by atoms with Gasteiger partial charge in [0.2, 0.25) is 0 Å². The summed E-state index contributed by atoms with van der Waals surface area (Å²) in [6, 6.07) is 3.30. The fourth-order valence-corrected chi connectivity index (χ4v) is 1.84. The maximum Gasteiger partial charge on any atom is 0.170 e. The molecule has 0 aromatic carbocycles. The van der Waals surface area contributed by atoms with Crippen molar-refractivity contribution in [3.8, 4) is 0 Å². The molecule has 1 N–H and O–H groups in total. The van der Waals surface area contributed by atoms with Crippen molar-refractivity contribution in [2.75, 3.05) is 6.61 Å². The number of aromatic amines is 1. The van der Waals surface area contributed by atoms with Gasteiger partial charge in [-0.2, -0.15) is 10.2 Å². The van der Waals surface area contributed by atoms with Gasteiger partial charge in [0.1, 0.15) is 11.9 Å². The van der Waals surface area contributed by atoms with Gasteiger partial charge in [0.25, 0.3) is 0 Å². The van der Waals surface area contributed by atoms with Crippen LogP contribution in [0.5, 0.6) is 0 Å². The van der Waals surface area contributed by atoms with Gasteiger partial charge >= 0.3 is 0 Å². The van der Waals surface area contributed by atoms with Gasteiger partial charge in [-0.15, -0.1) is 0 Å². The van der Waals surface area contributed by atoms with E-state index in [2.05, 4.69) is 15.3 Å². The van der Waals surface area contributed by atoms with Crippen LogP contribution < -0.4 is 0 Å². The zero-order valence-electron chi connectivity index (χ0n) is 10.9. The average Bonchev–Trinajstić information content (AvgIpc) is 3.20. The highest BCUT2D eigenvalue weighted by Gasteiger charge is 2.15. The Hall–Kier alpha value is -2.28. The predicted octanol–water partition coefficient (Wildman–Crippen LogP) is 1.62. The molecule has 7 nitrogen and oxygen atoms in total. The molecule has 2 aromatic rings. The fourth-order valence-electron chi connectivity index (χ4n) is 1.84. The zero-order valence-corrected chi connectivity index (χ0v) is 10.9.